The van der Waals surface area contributed by atoms with Crippen molar-refractivity contribution < 1.29 is 4.79 Å². The topological polar surface area (TPSA) is 60.0 Å². The SMILES string of the molecule is CN=C(NCCCc1ccccc1)NCC(=O)N1CCN(c2ccccc2)CC1. The number of guanidine groups is 1. The van der Waals surface area contributed by atoms with Crippen LogP contribution >= 0.6 is 0 Å². The fourth-order valence-corrected chi connectivity index (χ4v) is 3.49. The molecular weight excluding hydrogens is 362 g/mol. The molecule has 3 rings (SSSR count). The highest BCUT2D eigenvalue weighted by Gasteiger charge is 2.21. The van der Waals surface area contributed by atoms with Crippen molar-refractivity contribution in [1.29, 1.82) is 0 Å². The quantitative estimate of drug-likeness (QED) is 0.430. The molecule has 1 fully saturated rings. The van der Waals surface area contributed by atoms with Gasteiger partial charge in [-0.15, -0.1) is 0 Å². The third kappa shape index (κ3) is 6.52. The van der Waals surface area contributed by atoms with Crippen molar-refractivity contribution in [3.05, 3.63) is 66.2 Å². The number of nitrogens with zero attached hydrogens (tertiary/aromatic N) is 3. The van der Waals surface area contributed by atoms with Gasteiger partial charge < -0.3 is 20.4 Å². The number of hydrogen-bond acceptors (Lipinski definition) is 3. The molecule has 0 aliphatic carbocycles. The molecule has 0 unspecified atom stereocenters. The van der Waals surface area contributed by atoms with E-state index in [0.29, 0.717) is 5.96 Å². The number of piperazine rings is 1. The second-order valence-electron chi connectivity index (χ2n) is 7.15. The number of aryl methyl sites for hydroxylation is 1. The minimum absolute atomic E-state index is 0.116. The zero-order valence-electron chi connectivity index (χ0n) is 17.2. The maximum Gasteiger partial charge on any atom is 0.242 e. The molecule has 0 bridgehead atoms. The highest BCUT2D eigenvalue weighted by atomic mass is 16.2. The van der Waals surface area contributed by atoms with E-state index in [0.717, 1.165) is 45.6 Å². The summed E-state index contributed by atoms with van der Waals surface area (Å²) in [4.78, 5) is 21.0. The molecule has 1 aliphatic rings. The summed E-state index contributed by atoms with van der Waals surface area (Å²) < 4.78 is 0. The maximum atomic E-state index is 12.5. The second-order valence-corrected chi connectivity index (χ2v) is 7.15. The first-order valence-electron chi connectivity index (χ1n) is 10.3. The molecule has 6 heteroatoms. The molecule has 0 saturated carbocycles. The Labute approximate surface area is 173 Å². The number of amides is 1. The van der Waals surface area contributed by atoms with E-state index in [1.54, 1.807) is 7.05 Å². The summed E-state index contributed by atoms with van der Waals surface area (Å²) in [5.41, 5.74) is 2.56. The summed E-state index contributed by atoms with van der Waals surface area (Å²) in [5, 5.41) is 6.43. The van der Waals surface area contributed by atoms with Gasteiger partial charge in [-0.3, -0.25) is 9.79 Å². The van der Waals surface area contributed by atoms with Gasteiger partial charge in [-0.1, -0.05) is 48.5 Å². The minimum atomic E-state index is 0.116. The molecule has 2 N–H and O–H groups in total. The van der Waals surface area contributed by atoms with Crippen LogP contribution in [-0.4, -0.2) is 63.1 Å². The number of anilines is 1. The molecule has 1 aliphatic heterocycles. The van der Waals surface area contributed by atoms with Gasteiger partial charge >= 0.3 is 0 Å². The lowest BCUT2D eigenvalue weighted by Crippen LogP contribution is -2.52. The Hall–Kier alpha value is -3.02. The van der Waals surface area contributed by atoms with Crippen LogP contribution in [0.15, 0.2) is 65.7 Å². The van der Waals surface area contributed by atoms with Gasteiger partial charge in [0.1, 0.15) is 0 Å². The molecule has 1 amide bonds. The summed E-state index contributed by atoms with van der Waals surface area (Å²) in [6, 6.07) is 20.8. The van der Waals surface area contributed by atoms with Crippen molar-refractivity contribution in [3.8, 4) is 0 Å². The molecular formula is C23H31N5O. The van der Waals surface area contributed by atoms with Gasteiger partial charge in [-0.05, 0) is 30.5 Å². The van der Waals surface area contributed by atoms with Crippen LogP contribution in [0, 0.1) is 0 Å². The van der Waals surface area contributed by atoms with Crippen LogP contribution in [0.2, 0.25) is 0 Å². The first-order chi connectivity index (χ1) is 14.3. The lowest BCUT2D eigenvalue weighted by Gasteiger charge is -2.36. The summed E-state index contributed by atoms with van der Waals surface area (Å²) >= 11 is 0. The first-order valence-corrected chi connectivity index (χ1v) is 10.3. The average Bonchev–Trinajstić information content (AvgIpc) is 2.80. The number of hydrogen-bond donors (Lipinski definition) is 2. The second kappa shape index (κ2) is 11.1. The predicted molar refractivity (Wildman–Crippen MR) is 119 cm³/mol. The number of benzene rings is 2. The van der Waals surface area contributed by atoms with Gasteiger partial charge in [0.2, 0.25) is 5.91 Å². The Balaban J connectivity index is 1.33. The van der Waals surface area contributed by atoms with E-state index in [9.17, 15) is 4.79 Å². The molecule has 154 valence electrons. The number of carbonyl (C=O) groups excluding carboxylic acids is 1. The smallest absolute Gasteiger partial charge is 0.242 e. The van der Waals surface area contributed by atoms with E-state index >= 15 is 0 Å². The molecule has 29 heavy (non-hydrogen) atoms. The molecule has 0 atom stereocenters. The van der Waals surface area contributed by atoms with Crippen LogP contribution in [0.25, 0.3) is 0 Å². The van der Waals surface area contributed by atoms with Crippen LogP contribution in [-0.2, 0) is 11.2 Å². The minimum Gasteiger partial charge on any atom is -0.368 e. The zero-order chi connectivity index (χ0) is 20.3. The number of carbonyl (C=O) groups is 1. The summed E-state index contributed by atoms with van der Waals surface area (Å²) in [5.74, 6) is 0.791. The van der Waals surface area contributed by atoms with Crippen LogP contribution < -0.4 is 15.5 Å². The summed E-state index contributed by atoms with van der Waals surface area (Å²) in [7, 11) is 1.73. The van der Waals surface area contributed by atoms with E-state index in [-0.39, 0.29) is 12.5 Å². The Morgan fingerprint density at radius 1 is 0.931 bits per heavy atom. The van der Waals surface area contributed by atoms with E-state index in [4.69, 9.17) is 0 Å². The van der Waals surface area contributed by atoms with Gasteiger partial charge in [-0.2, -0.15) is 0 Å². The van der Waals surface area contributed by atoms with Crippen LogP contribution in [0.5, 0.6) is 0 Å². The van der Waals surface area contributed by atoms with Gasteiger partial charge in [0.05, 0.1) is 6.54 Å². The van der Waals surface area contributed by atoms with E-state index in [1.165, 1.54) is 11.3 Å². The van der Waals surface area contributed by atoms with Crippen LogP contribution in [0.1, 0.15) is 12.0 Å². The average molecular weight is 394 g/mol. The maximum absolute atomic E-state index is 12.5. The molecule has 2 aromatic rings. The van der Waals surface area contributed by atoms with Crippen molar-refractivity contribution in [2.24, 2.45) is 4.99 Å². The number of rotatable bonds is 7. The van der Waals surface area contributed by atoms with Gasteiger partial charge in [0.25, 0.3) is 0 Å². The first kappa shape index (κ1) is 20.7. The van der Waals surface area contributed by atoms with Gasteiger partial charge in [-0.25, -0.2) is 0 Å². The van der Waals surface area contributed by atoms with Crippen molar-refractivity contribution >= 4 is 17.6 Å². The zero-order valence-corrected chi connectivity index (χ0v) is 17.2. The largest absolute Gasteiger partial charge is 0.368 e. The number of nitrogens with one attached hydrogen (secondary N) is 2. The molecule has 1 saturated heterocycles. The molecule has 6 nitrogen and oxygen atoms in total. The fourth-order valence-electron chi connectivity index (χ4n) is 3.49. The van der Waals surface area contributed by atoms with E-state index in [1.807, 2.05) is 17.0 Å². The number of para-hydroxylation sites is 1. The fraction of sp³-hybridized carbons (Fsp3) is 0.391. The highest BCUT2D eigenvalue weighted by molar-refractivity contribution is 5.86. The Bertz CT molecular complexity index is 770. The summed E-state index contributed by atoms with van der Waals surface area (Å²) in [6.07, 6.45) is 2.04. The lowest BCUT2D eigenvalue weighted by molar-refractivity contribution is -0.130. The van der Waals surface area contributed by atoms with Gasteiger partial charge in [0.15, 0.2) is 5.96 Å². The normalized spacial score (nSPS) is 14.6. The van der Waals surface area contributed by atoms with Gasteiger partial charge in [0, 0.05) is 45.5 Å². The molecule has 0 radical (unpaired) electrons. The monoisotopic (exact) mass is 393 g/mol. The van der Waals surface area contributed by atoms with Crippen molar-refractivity contribution in [1.82, 2.24) is 15.5 Å². The van der Waals surface area contributed by atoms with E-state index in [2.05, 4.69) is 69.1 Å². The van der Waals surface area contributed by atoms with Crippen molar-refractivity contribution in [3.63, 3.8) is 0 Å². The Morgan fingerprint density at radius 3 is 2.24 bits per heavy atom. The standard InChI is InChI=1S/C23H31N5O/c1-24-23(25-14-8-11-20-9-4-2-5-10-20)26-19-22(29)28-17-15-27(16-18-28)21-12-6-3-7-13-21/h2-7,9-10,12-13H,8,11,14-19H2,1H3,(H2,24,25,26). The van der Waals surface area contributed by atoms with Crippen molar-refractivity contribution in [2.75, 3.05) is 51.2 Å². The lowest BCUT2D eigenvalue weighted by atomic mass is 10.1. The Morgan fingerprint density at radius 2 is 1.59 bits per heavy atom. The van der Waals surface area contributed by atoms with Crippen LogP contribution in [0.4, 0.5) is 5.69 Å². The van der Waals surface area contributed by atoms with Crippen LogP contribution in [0.3, 0.4) is 0 Å². The highest BCUT2D eigenvalue weighted by Crippen LogP contribution is 2.15. The Kier molecular flexibility index (Phi) is 7.92. The third-order valence-electron chi connectivity index (χ3n) is 5.16. The summed E-state index contributed by atoms with van der Waals surface area (Å²) in [6.45, 7) is 4.31. The third-order valence-corrected chi connectivity index (χ3v) is 5.16. The molecule has 2 aromatic carbocycles. The molecule has 0 spiro atoms. The molecule has 0 aromatic heterocycles. The van der Waals surface area contributed by atoms with Crippen molar-refractivity contribution in [2.45, 2.75) is 12.8 Å². The number of aliphatic imine (C=N–C) groups is 1. The molecule has 1 heterocycles. The predicted octanol–water partition coefficient (Wildman–Crippen LogP) is 2.13. The van der Waals surface area contributed by atoms with E-state index < -0.39 is 0 Å².